The van der Waals surface area contributed by atoms with Crippen molar-refractivity contribution in [2.24, 2.45) is 0 Å². The highest BCUT2D eigenvalue weighted by Gasteiger charge is 2.32. The van der Waals surface area contributed by atoms with E-state index in [1.54, 1.807) is 18.2 Å². The molecule has 1 unspecified atom stereocenters. The first-order chi connectivity index (χ1) is 15.8. The maximum absolute atomic E-state index is 13.1. The van der Waals surface area contributed by atoms with E-state index in [1.807, 2.05) is 30.3 Å². The maximum Gasteiger partial charge on any atom is 0.308 e. The number of thiocarbonyl (C=S) groups is 1. The summed E-state index contributed by atoms with van der Waals surface area (Å²) in [7, 11) is 0. The number of ether oxygens (including phenoxy) is 1. The molecular formula is C24H23FN2O4S2. The molecule has 33 heavy (non-hydrogen) atoms. The molecule has 1 fully saturated rings. The van der Waals surface area contributed by atoms with Gasteiger partial charge in [0.15, 0.2) is 6.10 Å². The molecule has 0 aromatic heterocycles. The molecule has 1 aliphatic rings. The van der Waals surface area contributed by atoms with Crippen LogP contribution in [0, 0.1) is 5.82 Å². The van der Waals surface area contributed by atoms with Crippen LogP contribution in [0.4, 0.5) is 4.39 Å². The van der Waals surface area contributed by atoms with Gasteiger partial charge >= 0.3 is 5.97 Å². The lowest BCUT2D eigenvalue weighted by Gasteiger charge is -2.16. The highest BCUT2D eigenvalue weighted by atomic mass is 32.2. The van der Waals surface area contributed by atoms with Crippen LogP contribution in [-0.4, -0.2) is 46.2 Å². The zero-order valence-corrected chi connectivity index (χ0v) is 19.6. The Bertz CT molecular complexity index is 1060. The number of halogens is 1. The van der Waals surface area contributed by atoms with Crippen LogP contribution in [0.3, 0.4) is 0 Å². The fourth-order valence-electron chi connectivity index (χ4n) is 3.03. The largest absolute Gasteiger partial charge is 0.452 e. The molecule has 3 rings (SSSR count). The molecule has 6 nitrogen and oxygen atoms in total. The second-order valence-corrected chi connectivity index (χ2v) is 8.97. The minimum atomic E-state index is -0.946. The molecule has 1 atom stereocenters. The smallest absolute Gasteiger partial charge is 0.308 e. The van der Waals surface area contributed by atoms with Crippen LogP contribution < -0.4 is 5.32 Å². The Kier molecular flexibility index (Phi) is 8.73. The SMILES string of the molecule is CC(OC(=O)CCN1C(=O)/C(=C\c2ccc(F)cc2)SC1=S)C(=O)NCCc1ccccc1. The number of hydrogen-bond donors (Lipinski definition) is 1. The molecule has 1 heterocycles. The van der Waals surface area contributed by atoms with Crippen molar-refractivity contribution < 1.29 is 23.5 Å². The van der Waals surface area contributed by atoms with Gasteiger partial charge in [-0.3, -0.25) is 19.3 Å². The number of carbonyl (C=O) groups excluding carboxylic acids is 3. The first kappa shape index (κ1) is 24.6. The molecule has 172 valence electrons. The van der Waals surface area contributed by atoms with Gasteiger partial charge in [0.25, 0.3) is 11.8 Å². The molecule has 1 saturated heterocycles. The molecule has 2 aromatic rings. The van der Waals surface area contributed by atoms with E-state index in [2.05, 4.69) is 5.32 Å². The van der Waals surface area contributed by atoms with Gasteiger partial charge in [0.2, 0.25) is 0 Å². The van der Waals surface area contributed by atoms with Crippen molar-refractivity contribution in [2.45, 2.75) is 25.9 Å². The van der Waals surface area contributed by atoms with Gasteiger partial charge < -0.3 is 10.1 Å². The molecular weight excluding hydrogens is 463 g/mol. The third kappa shape index (κ3) is 7.23. The number of hydrogen-bond acceptors (Lipinski definition) is 6. The van der Waals surface area contributed by atoms with E-state index in [9.17, 15) is 18.8 Å². The summed E-state index contributed by atoms with van der Waals surface area (Å²) in [5.41, 5.74) is 1.77. The van der Waals surface area contributed by atoms with Gasteiger partial charge in [-0.25, -0.2) is 4.39 Å². The number of thioether (sulfide) groups is 1. The maximum atomic E-state index is 13.1. The summed E-state index contributed by atoms with van der Waals surface area (Å²) < 4.78 is 18.6. The fraction of sp³-hybridized carbons (Fsp3) is 0.250. The van der Waals surface area contributed by atoms with Gasteiger partial charge in [-0.05, 0) is 42.7 Å². The zero-order chi connectivity index (χ0) is 23.8. The fourth-order valence-corrected chi connectivity index (χ4v) is 4.34. The Morgan fingerprint density at radius 1 is 1.18 bits per heavy atom. The van der Waals surface area contributed by atoms with Crippen molar-refractivity contribution in [1.29, 1.82) is 0 Å². The van der Waals surface area contributed by atoms with Gasteiger partial charge in [0.05, 0.1) is 11.3 Å². The van der Waals surface area contributed by atoms with E-state index < -0.39 is 12.1 Å². The van der Waals surface area contributed by atoms with E-state index in [0.717, 1.165) is 17.3 Å². The first-order valence-corrected chi connectivity index (χ1v) is 11.6. The number of carbonyl (C=O) groups is 3. The van der Waals surface area contributed by atoms with Gasteiger partial charge in [0, 0.05) is 13.1 Å². The van der Waals surface area contributed by atoms with Crippen LogP contribution in [-0.2, 0) is 25.5 Å². The Balaban J connectivity index is 1.43. The van der Waals surface area contributed by atoms with Crippen LogP contribution in [0.1, 0.15) is 24.5 Å². The lowest BCUT2D eigenvalue weighted by molar-refractivity contribution is -0.155. The standard InChI is InChI=1S/C24H23FN2O4S2/c1-16(22(29)26-13-11-17-5-3-2-4-6-17)31-21(28)12-14-27-23(30)20(33-24(27)32)15-18-7-9-19(25)10-8-18/h2-10,15-16H,11-14H2,1H3,(H,26,29)/b20-15+. The number of nitrogens with zero attached hydrogens (tertiary/aromatic N) is 1. The molecule has 1 N–H and O–H groups in total. The summed E-state index contributed by atoms with van der Waals surface area (Å²) in [4.78, 5) is 38.7. The molecule has 2 aromatic carbocycles. The van der Waals surface area contributed by atoms with E-state index in [-0.39, 0.29) is 30.6 Å². The second kappa shape index (κ2) is 11.7. The molecule has 0 radical (unpaired) electrons. The van der Waals surface area contributed by atoms with Crippen molar-refractivity contribution >= 4 is 52.2 Å². The minimum absolute atomic E-state index is 0.0482. The Morgan fingerprint density at radius 3 is 2.58 bits per heavy atom. The number of amides is 2. The van der Waals surface area contributed by atoms with Gasteiger partial charge in [0.1, 0.15) is 10.1 Å². The first-order valence-electron chi connectivity index (χ1n) is 10.4. The quantitative estimate of drug-likeness (QED) is 0.331. The van der Waals surface area contributed by atoms with Crippen molar-refractivity contribution in [1.82, 2.24) is 10.2 Å². The van der Waals surface area contributed by atoms with Crippen molar-refractivity contribution in [3.8, 4) is 0 Å². The number of benzene rings is 2. The summed E-state index contributed by atoms with van der Waals surface area (Å²) in [5.74, 6) is -1.67. The third-order valence-corrected chi connectivity index (χ3v) is 6.19. The average Bonchev–Trinajstić information content (AvgIpc) is 3.06. The van der Waals surface area contributed by atoms with E-state index >= 15 is 0 Å². The number of nitrogens with one attached hydrogen (secondary N) is 1. The summed E-state index contributed by atoms with van der Waals surface area (Å²) in [6.07, 6.45) is 1.25. The monoisotopic (exact) mass is 486 g/mol. The predicted molar refractivity (Wildman–Crippen MR) is 130 cm³/mol. The highest BCUT2D eigenvalue weighted by Crippen LogP contribution is 2.32. The average molecular weight is 487 g/mol. The number of esters is 1. The topological polar surface area (TPSA) is 75.7 Å². The third-order valence-electron chi connectivity index (χ3n) is 4.81. The summed E-state index contributed by atoms with van der Waals surface area (Å²) in [6, 6.07) is 15.5. The minimum Gasteiger partial charge on any atom is -0.452 e. The van der Waals surface area contributed by atoms with Crippen LogP contribution in [0.2, 0.25) is 0 Å². The van der Waals surface area contributed by atoms with Crippen molar-refractivity contribution in [3.63, 3.8) is 0 Å². The van der Waals surface area contributed by atoms with E-state index in [0.29, 0.717) is 27.8 Å². The molecule has 0 spiro atoms. The van der Waals surface area contributed by atoms with Gasteiger partial charge in [-0.1, -0.05) is 66.4 Å². The van der Waals surface area contributed by atoms with E-state index in [4.69, 9.17) is 17.0 Å². The van der Waals surface area contributed by atoms with Crippen LogP contribution in [0.25, 0.3) is 6.08 Å². The van der Waals surface area contributed by atoms with Gasteiger partial charge in [-0.15, -0.1) is 0 Å². The van der Waals surface area contributed by atoms with Crippen molar-refractivity contribution in [2.75, 3.05) is 13.1 Å². The highest BCUT2D eigenvalue weighted by molar-refractivity contribution is 8.26. The molecule has 0 saturated carbocycles. The van der Waals surface area contributed by atoms with E-state index in [1.165, 1.54) is 24.0 Å². The van der Waals surface area contributed by atoms with Crippen LogP contribution in [0.5, 0.6) is 0 Å². The summed E-state index contributed by atoms with van der Waals surface area (Å²) in [6.45, 7) is 1.98. The Labute approximate surface area is 201 Å². The Morgan fingerprint density at radius 2 is 1.88 bits per heavy atom. The summed E-state index contributed by atoms with van der Waals surface area (Å²) >= 11 is 6.37. The Hall–Kier alpha value is -3.04. The molecule has 9 heteroatoms. The predicted octanol–water partition coefficient (Wildman–Crippen LogP) is 3.71. The van der Waals surface area contributed by atoms with Crippen LogP contribution >= 0.6 is 24.0 Å². The van der Waals surface area contributed by atoms with Crippen molar-refractivity contribution in [3.05, 3.63) is 76.4 Å². The molecule has 0 aliphatic carbocycles. The van der Waals surface area contributed by atoms with Gasteiger partial charge in [-0.2, -0.15) is 0 Å². The lowest BCUT2D eigenvalue weighted by atomic mass is 10.1. The molecule has 1 aliphatic heterocycles. The molecule has 2 amide bonds. The molecule has 0 bridgehead atoms. The number of rotatable bonds is 9. The second-order valence-electron chi connectivity index (χ2n) is 7.29. The zero-order valence-electron chi connectivity index (χ0n) is 18.0. The lowest BCUT2D eigenvalue weighted by Crippen LogP contribution is -2.37. The summed E-state index contributed by atoms with van der Waals surface area (Å²) in [5, 5.41) is 2.74. The normalized spacial score (nSPS) is 15.6. The van der Waals surface area contributed by atoms with Crippen LogP contribution in [0.15, 0.2) is 59.5 Å².